The molecule has 1 aromatic heterocycles. The number of likely N-dealkylation sites (tertiary alicyclic amines) is 1. The maximum absolute atomic E-state index is 13.8. The van der Waals surface area contributed by atoms with Gasteiger partial charge in [-0.25, -0.2) is 0 Å². The molecule has 2 fully saturated rings. The van der Waals surface area contributed by atoms with Crippen LogP contribution in [0.4, 0.5) is 5.69 Å². The number of allylic oxidation sites excluding steroid dienone is 1. The molecule has 7 rings (SSSR count). The van der Waals surface area contributed by atoms with Crippen molar-refractivity contribution in [2.24, 2.45) is 0 Å². The zero-order valence-corrected chi connectivity index (χ0v) is 25.0. The van der Waals surface area contributed by atoms with Crippen LogP contribution in [-0.4, -0.2) is 60.7 Å². The van der Waals surface area contributed by atoms with Crippen LogP contribution in [0, 0.1) is 0 Å². The predicted octanol–water partition coefficient (Wildman–Crippen LogP) is 6.61. The Hall–Kier alpha value is -3.79. The summed E-state index contributed by atoms with van der Waals surface area (Å²) in [6.45, 7) is 8.77. The van der Waals surface area contributed by atoms with Crippen molar-refractivity contribution in [2.45, 2.75) is 44.9 Å². The lowest BCUT2D eigenvalue weighted by atomic mass is 9.83. The zero-order valence-electron chi connectivity index (χ0n) is 24.2. The van der Waals surface area contributed by atoms with Crippen molar-refractivity contribution < 1.29 is 28.8 Å². The molecule has 5 heterocycles. The molecule has 4 aliphatic heterocycles. The summed E-state index contributed by atoms with van der Waals surface area (Å²) in [5.41, 5.74) is 6.05. The first-order valence-corrected chi connectivity index (χ1v) is 15.2. The van der Waals surface area contributed by atoms with E-state index in [1.165, 1.54) is 11.3 Å². The molecule has 42 heavy (non-hydrogen) atoms. The molecule has 0 saturated carbocycles. The Morgan fingerprint density at radius 2 is 1.83 bits per heavy atom. The van der Waals surface area contributed by atoms with Crippen LogP contribution in [0.2, 0.25) is 0 Å². The highest BCUT2D eigenvalue weighted by molar-refractivity contribution is 7.11. The first-order chi connectivity index (χ1) is 20.2. The molecule has 0 atom stereocenters. The minimum atomic E-state index is -0.536. The van der Waals surface area contributed by atoms with Gasteiger partial charge in [-0.3, -0.25) is 4.79 Å². The van der Waals surface area contributed by atoms with Gasteiger partial charge < -0.3 is 34.3 Å². The van der Waals surface area contributed by atoms with E-state index in [-0.39, 0.29) is 17.2 Å². The normalized spacial score (nSPS) is 20.7. The lowest BCUT2D eigenvalue weighted by molar-refractivity contribution is -0.181. The number of amides is 1. The van der Waals surface area contributed by atoms with Crippen molar-refractivity contribution in [1.29, 1.82) is 0 Å². The summed E-state index contributed by atoms with van der Waals surface area (Å²) in [4.78, 5) is 16.5. The molecular weight excluding hydrogens is 552 g/mol. The number of anilines is 1. The molecular formula is C33H34N2O6S. The number of phenols is 1. The fourth-order valence-electron chi connectivity index (χ4n) is 6.68. The number of carbonyl (C=O) groups is 1. The van der Waals surface area contributed by atoms with E-state index in [1.54, 1.807) is 19.2 Å². The van der Waals surface area contributed by atoms with Gasteiger partial charge in [0.1, 0.15) is 11.5 Å². The highest BCUT2D eigenvalue weighted by Gasteiger charge is 2.41. The molecule has 1 spiro atoms. The average Bonchev–Trinajstić information content (AvgIpc) is 3.62. The third-order valence-corrected chi connectivity index (χ3v) is 9.35. The molecule has 0 aliphatic carbocycles. The van der Waals surface area contributed by atoms with Gasteiger partial charge in [0, 0.05) is 53.2 Å². The fourth-order valence-corrected chi connectivity index (χ4v) is 7.49. The Bertz CT molecular complexity index is 1650. The number of carbonyl (C=O) groups excluding carboxylic acids is 1. The monoisotopic (exact) mass is 586 g/mol. The lowest BCUT2D eigenvalue weighted by Gasteiger charge is -2.37. The third-order valence-electron chi connectivity index (χ3n) is 8.49. The molecule has 2 N–H and O–H groups in total. The van der Waals surface area contributed by atoms with Gasteiger partial charge in [-0.15, -0.1) is 11.3 Å². The van der Waals surface area contributed by atoms with Crippen molar-refractivity contribution in [3.05, 3.63) is 63.4 Å². The van der Waals surface area contributed by atoms with Crippen molar-refractivity contribution >= 4 is 40.3 Å². The Balaban J connectivity index is 1.32. The number of nitrogens with one attached hydrogen (secondary N) is 1. The summed E-state index contributed by atoms with van der Waals surface area (Å²) in [7, 11) is 1.55. The van der Waals surface area contributed by atoms with Gasteiger partial charge in [0.2, 0.25) is 0 Å². The maximum atomic E-state index is 13.8. The largest absolute Gasteiger partial charge is 0.504 e. The topological polar surface area (TPSA) is 89.5 Å². The second-order valence-electron chi connectivity index (χ2n) is 11.8. The van der Waals surface area contributed by atoms with Gasteiger partial charge in [-0.2, -0.15) is 0 Å². The van der Waals surface area contributed by atoms with Crippen molar-refractivity contribution in [2.75, 3.05) is 38.7 Å². The van der Waals surface area contributed by atoms with Crippen LogP contribution in [0.25, 0.3) is 28.5 Å². The van der Waals surface area contributed by atoms with Crippen LogP contribution in [0.1, 0.15) is 60.0 Å². The van der Waals surface area contributed by atoms with E-state index in [1.807, 2.05) is 28.5 Å². The number of hydrogen-bond acceptors (Lipinski definition) is 8. The molecule has 9 heteroatoms. The number of fused-ring (bicyclic) bond motifs is 5. The molecule has 4 aliphatic rings. The van der Waals surface area contributed by atoms with E-state index in [0.717, 1.165) is 32.8 Å². The van der Waals surface area contributed by atoms with E-state index >= 15 is 0 Å². The second-order valence-corrected chi connectivity index (χ2v) is 12.7. The number of methoxy groups -OCH3 is 1. The fraction of sp³-hybridized carbons (Fsp3) is 0.364. The smallest absolute Gasteiger partial charge is 0.255 e. The number of nitrogens with zero attached hydrogens (tertiary/aromatic N) is 1. The molecule has 3 aromatic rings. The number of hydrogen-bond donors (Lipinski definition) is 2. The molecule has 2 aromatic carbocycles. The minimum absolute atomic E-state index is 0.00597. The molecule has 1 amide bonds. The van der Waals surface area contributed by atoms with Crippen LogP contribution >= 0.6 is 11.3 Å². The summed E-state index contributed by atoms with van der Waals surface area (Å²) in [5.74, 6) is 1.09. The molecule has 0 unspecified atom stereocenters. The Morgan fingerprint density at radius 1 is 1.07 bits per heavy atom. The zero-order chi connectivity index (χ0) is 29.2. The number of piperidine rings is 1. The Morgan fingerprint density at radius 3 is 2.57 bits per heavy atom. The summed E-state index contributed by atoms with van der Waals surface area (Å²) in [6.07, 6.45) is 5.52. The van der Waals surface area contributed by atoms with Gasteiger partial charge in [-0.1, -0.05) is 12.1 Å². The maximum Gasteiger partial charge on any atom is 0.255 e. The molecule has 0 radical (unpaired) electrons. The van der Waals surface area contributed by atoms with Gasteiger partial charge >= 0.3 is 0 Å². The summed E-state index contributed by atoms with van der Waals surface area (Å²) < 4.78 is 24.0. The number of rotatable bonds is 3. The van der Waals surface area contributed by atoms with Gasteiger partial charge in [0.15, 0.2) is 17.3 Å². The standard InChI is InChI=1S/C33H34N2O6S/c1-19-18-32(2,3)34-22-6-5-21-28(27(19)22)25(41-24-8-7-23(36)30(38-4)29(21)24)17-26-20(9-16-42-26)31(37)35-12-10-33(11-13-35)39-14-15-40-33/h5-9,16-18,34,36H,10-15H2,1-4H3/b25-17-. The van der Waals surface area contributed by atoms with Crippen LogP contribution in [0.3, 0.4) is 0 Å². The van der Waals surface area contributed by atoms with Crippen molar-refractivity contribution in [3.8, 4) is 28.4 Å². The van der Waals surface area contributed by atoms with Gasteiger partial charge in [0.25, 0.3) is 5.91 Å². The predicted molar refractivity (Wildman–Crippen MR) is 164 cm³/mol. The van der Waals surface area contributed by atoms with E-state index in [4.69, 9.17) is 18.9 Å². The minimum Gasteiger partial charge on any atom is -0.504 e. The molecule has 0 bridgehead atoms. The van der Waals surface area contributed by atoms with E-state index < -0.39 is 5.79 Å². The third kappa shape index (κ3) is 4.38. The second kappa shape index (κ2) is 9.90. The molecule has 8 nitrogen and oxygen atoms in total. The quantitative estimate of drug-likeness (QED) is 0.357. The van der Waals surface area contributed by atoms with Crippen molar-refractivity contribution in [1.82, 2.24) is 4.90 Å². The highest BCUT2D eigenvalue weighted by Crippen LogP contribution is 2.54. The Labute approximate surface area is 249 Å². The summed E-state index contributed by atoms with van der Waals surface area (Å²) in [5, 5.41) is 16.2. The van der Waals surface area contributed by atoms with Crippen LogP contribution in [0.5, 0.6) is 17.2 Å². The number of phenolic OH excluding ortho intramolecular Hbond substituents is 1. The van der Waals surface area contributed by atoms with E-state index in [2.05, 4.69) is 38.2 Å². The van der Waals surface area contributed by atoms with Crippen LogP contribution < -0.4 is 14.8 Å². The average molecular weight is 587 g/mol. The van der Waals surface area contributed by atoms with Gasteiger partial charge in [0.05, 0.1) is 37.0 Å². The summed E-state index contributed by atoms with van der Waals surface area (Å²) >= 11 is 1.51. The first-order valence-electron chi connectivity index (χ1n) is 14.3. The van der Waals surface area contributed by atoms with E-state index in [9.17, 15) is 9.90 Å². The first kappa shape index (κ1) is 27.1. The number of ether oxygens (including phenoxy) is 4. The van der Waals surface area contributed by atoms with Crippen molar-refractivity contribution in [3.63, 3.8) is 0 Å². The van der Waals surface area contributed by atoms with Crippen LogP contribution in [-0.2, 0) is 9.47 Å². The number of benzene rings is 2. The summed E-state index contributed by atoms with van der Waals surface area (Å²) in [6, 6.07) is 9.34. The molecule has 218 valence electrons. The number of aromatic hydroxyl groups is 1. The lowest BCUT2D eigenvalue weighted by Crippen LogP contribution is -2.47. The van der Waals surface area contributed by atoms with Crippen LogP contribution in [0.15, 0.2) is 41.8 Å². The highest BCUT2D eigenvalue weighted by atomic mass is 32.1. The van der Waals surface area contributed by atoms with E-state index in [0.29, 0.717) is 67.5 Å². The SMILES string of the molecule is COc1c(O)ccc2c1-c1ccc3c(c1/C(=C/c1sccc1C(=O)N1CCC4(CC1)OCCO4)O2)C(C)=CC(C)(C)N3. The molecule has 2 saturated heterocycles. The van der Waals surface area contributed by atoms with Gasteiger partial charge in [-0.05, 0) is 62.1 Å². The Kier molecular flexibility index (Phi) is 6.38. The number of thiophene rings is 1.